The Morgan fingerprint density at radius 2 is 2.15 bits per heavy atom. The van der Waals surface area contributed by atoms with Crippen molar-refractivity contribution in [3.05, 3.63) is 54.1 Å². The van der Waals surface area contributed by atoms with Crippen molar-refractivity contribution >= 4 is 5.91 Å². The number of imidazole rings is 1. The molecule has 4 nitrogen and oxygen atoms in total. The van der Waals surface area contributed by atoms with Crippen LogP contribution in [0.25, 0.3) is 0 Å². The minimum absolute atomic E-state index is 0.114. The largest absolute Gasteiger partial charge is 0.356 e. The van der Waals surface area contributed by atoms with Gasteiger partial charge in [-0.2, -0.15) is 0 Å². The smallest absolute Gasteiger partial charge is 0.220 e. The van der Waals surface area contributed by atoms with Crippen LogP contribution in [0.2, 0.25) is 0 Å². The van der Waals surface area contributed by atoms with Crippen molar-refractivity contribution in [3.63, 3.8) is 0 Å². The number of aryl methyl sites for hydroxylation is 1. The molecule has 0 radical (unpaired) electrons. The Labute approximate surface area is 119 Å². The highest BCUT2D eigenvalue weighted by atomic mass is 16.1. The van der Waals surface area contributed by atoms with E-state index in [1.807, 2.05) is 24.4 Å². The predicted octanol–water partition coefficient (Wildman–Crippen LogP) is 2.65. The van der Waals surface area contributed by atoms with Gasteiger partial charge in [0, 0.05) is 19.2 Å². The highest BCUT2D eigenvalue weighted by Gasteiger charge is 2.10. The van der Waals surface area contributed by atoms with Crippen LogP contribution in [0, 0.1) is 0 Å². The van der Waals surface area contributed by atoms with Gasteiger partial charge in [-0.1, -0.05) is 37.3 Å². The van der Waals surface area contributed by atoms with Gasteiger partial charge < -0.3 is 10.3 Å². The van der Waals surface area contributed by atoms with Crippen molar-refractivity contribution in [3.8, 4) is 0 Å². The summed E-state index contributed by atoms with van der Waals surface area (Å²) in [6, 6.07) is 10.1. The Bertz CT molecular complexity index is 508. The summed E-state index contributed by atoms with van der Waals surface area (Å²) in [5, 5.41) is 2.97. The average Bonchev–Trinajstić information content (AvgIpc) is 2.98. The summed E-state index contributed by atoms with van der Waals surface area (Å²) in [7, 11) is 0. The second kappa shape index (κ2) is 7.48. The molecule has 1 atom stereocenters. The topological polar surface area (TPSA) is 57.8 Å². The number of hydrogen-bond donors (Lipinski definition) is 2. The number of H-pyrrole nitrogens is 1. The van der Waals surface area contributed by atoms with E-state index in [0.29, 0.717) is 13.0 Å². The monoisotopic (exact) mass is 271 g/mol. The maximum Gasteiger partial charge on any atom is 0.220 e. The molecule has 1 aromatic carbocycles. The minimum Gasteiger partial charge on any atom is -0.356 e. The molecular formula is C16H21N3O. The molecular weight excluding hydrogens is 250 g/mol. The first-order valence-electron chi connectivity index (χ1n) is 7.05. The Hall–Kier alpha value is -2.10. The lowest BCUT2D eigenvalue weighted by Gasteiger charge is -2.11. The summed E-state index contributed by atoms with van der Waals surface area (Å²) in [5.41, 5.74) is 2.25. The van der Waals surface area contributed by atoms with E-state index >= 15 is 0 Å². The van der Waals surface area contributed by atoms with Gasteiger partial charge in [0.05, 0.1) is 12.0 Å². The number of benzene rings is 1. The van der Waals surface area contributed by atoms with E-state index in [-0.39, 0.29) is 11.8 Å². The highest BCUT2D eigenvalue weighted by Crippen LogP contribution is 2.17. The van der Waals surface area contributed by atoms with Gasteiger partial charge in [0.1, 0.15) is 0 Å². The summed E-state index contributed by atoms with van der Waals surface area (Å²) in [6.07, 6.45) is 5.90. The second-order valence-corrected chi connectivity index (χ2v) is 5.03. The third-order valence-corrected chi connectivity index (χ3v) is 3.35. The maximum atomic E-state index is 11.9. The third kappa shape index (κ3) is 4.53. The van der Waals surface area contributed by atoms with Crippen LogP contribution in [-0.2, 0) is 11.2 Å². The van der Waals surface area contributed by atoms with Crippen LogP contribution >= 0.6 is 0 Å². The van der Waals surface area contributed by atoms with Gasteiger partial charge in [-0.25, -0.2) is 4.98 Å². The van der Waals surface area contributed by atoms with Crippen LogP contribution in [0.1, 0.15) is 36.9 Å². The summed E-state index contributed by atoms with van der Waals surface area (Å²) in [4.78, 5) is 18.9. The lowest BCUT2D eigenvalue weighted by molar-refractivity contribution is -0.121. The number of hydrogen-bond acceptors (Lipinski definition) is 2. The fourth-order valence-electron chi connectivity index (χ4n) is 2.17. The summed E-state index contributed by atoms with van der Waals surface area (Å²) >= 11 is 0. The molecule has 1 aromatic heterocycles. The van der Waals surface area contributed by atoms with E-state index in [2.05, 4.69) is 34.3 Å². The van der Waals surface area contributed by atoms with Gasteiger partial charge in [0.15, 0.2) is 0 Å². The molecule has 106 valence electrons. The summed E-state index contributed by atoms with van der Waals surface area (Å²) in [6.45, 7) is 2.78. The van der Waals surface area contributed by atoms with E-state index in [0.717, 1.165) is 18.5 Å². The van der Waals surface area contributed by atoms with Crippen molar-refractivity contribution in [1.82, 2.24) is 15.3 Å². The molecule has 20 heavy (non-hydrogen) atoms. The number of aromatic amines is 1. The van der Waals surface area contributed by atoms with Gasteiger partial charge in [0.2, 0.25) is 5.91 Å². The number of aromatic nitrogens is 2. The third-order valence-electron chi connectivity index (χ3n) is 3.35. The van der Waals surface area contributed by atoms with Crippen LogP contribution < -0.4 is 5.32 Å². The van der Waals surface area contributed by atoms with Crippen molar-refractivity contribution in [2.45, 2.75) is 32.1 Å². The molecule has 0 aliphatic rings. The minimum atomic E-state index is 0.114. The van der Waals surface area contributed by atoms with Gasteiger partial charge in [-0.05, 0) is 24.3 Å². The quantitative estimate of drug-likeness (QED) is 0.761. The molecule has 0 spiro atoms. The van der Waals surface area contributed by atoms with Crippen LogP contribution in [0.5, 0.6) is 0 Å². The van der Waals surface area contributed by atoms with E-state index in [4.69, 9.17) is 0 Å². The fraction of sp³-hybridized carbons (Fsp3) is 0.375. The van der Waals surface area contributed by atoms with Crippen LogP contribution in [0.15, 0.2) is 42.9 Å². The molecule has 0 saturated heterocycles. The average molecular weight is 271 g/mol. The molecule has 0 fully saturated rings. The highest BCUT2D eigenvalue weighted by molar-refractivity contribution is 5.76. The first-order chi connectivity index (χ1) is 9.75. The van der Waals surface area contributed by atoms with E-state index < -0.39 is 0 Å². The van der Waals surface area contributed by atoms with Gasteiger partial charge >= 0.3 is 0 Å². The number of nitrogens with zero attached hydrogens (tertiary/aromatic N) is 1. The zero-order valence-corrected chi connectivity index (χ0v) is 11.8. The number of nitrogens with one attached hydrogen (secondary N) is 2. The van der Waals surface area contributed by atoms with Gasteiger partial charge in [-0.15, -0.1) is 0 Å². The Balaban J connectivity index is 1.65. The lowest BCUT2D eigenvalue weighted by atomic mass is 9.97. The number of carbonyl (C=O) groups is 1. The standard InChI is InChI=1S/C16H21N3O/c1-13(14-6-3-2-4-7-14)10-16(20)18-9-5-8-15-11-17-12-19-15/h2-4,6-7,11-13H,5,8-10H2,1H3,(H,17,19)(H,18,20)/t13-/m1/s1. The molecule has 2 N–H and O–H groups in total. The van der Waals surface area contributed by atoms with Crippen molar-refractivity contribution in [1.29, 1.82) is 0 Å². The van der Waals surface area contributed by atoms with Gasteiger partial charge in [0.25, 0.3) is 0 Å². The number of carbonyl (C=O) groups excluding carboxylic acids is 1. The fourth-order valence-corrected chi connectivity index (χ4v) is 2.17. The van der Waals surface area contributed by atoms with Gasteiger partial charge in [-0.3, -0.25) is 4.79 Å². The van der Waals surface area contributed by atoms with Crippen molar-refractivity contribution < 1.29 is 4.79 Å². The first kappa shape index (κ1) is 14.3. The first-order valence-corrected chi connectivity index (χ1v) is 7.05. The number of rotatable bonds is 7. The van der Waals surface area contributed by atoms with Crippen molar-refractivity contribution in [2.75, 3.05) is 6.54 Å². The molecule has 2 rings (SSSR count). The SMILES string of the molecule is C[C@H](CC(=O)NCCCc1c[nH]cn1)c1ccccc1. The predicted molar refractivity (Wildman–Crippen MR) is 79.4 cm³/mol. The summed E-state index contributed by atoms with van der Waals surface area (Å²) in [5.74, 6) is 0.367. The molecule has 1 amide bonds. The zero-order valence-electron chi connectivity index (χ0n) is 11.8. The molecule has 1 heterocycles. The van der Waals surface area contributed by atoms with E-state index in [1.54, 1.807) is 6.33 Å². The molecule has 0 aliphatic heterocycles. The summed E-state index contributed by atoms with van der Waals surface area (Å²) < 4.78 is 0. The van der Waals surface area contributed by atoms with Crippen LogP contribution in [0.4, 0.5) is 0 Å². The molecule has 2 aromatic rings. The maximum absolute atomic E-state index is 11.9. The van der Waals surface area contributed by atoms with Crippen molar-refractivity contribution in [2.24, 2.45) is 0 Å². The zero-order chi connectivity index (χ0) is 14.2. The van der Waals surface area contributed by atoms with E-state index in [1.165, 1.54) is 5.56 Å². The Morgan fingerprint density at radius 3 is 2.85 bits per heavy atom. The van der Waals surface area contributed by atoms with Crippen LogP contribution in [0.3, 0.4) is 0 Å². The molecule has 0 unspecified atom stereocenters. The second-order valence-electron chi connectivity index (χ2n) is 5.03. The Morgan fingerprint density at radius 1 is 1.35 bits per heavy atom. The molecule has 0 bridgehead atoms. The van der Waals surface area contributed by atoms with Crippen LogP contribution in [-0.4, -0.2) is 22.4 Å². The molecule has 0 aliphatic carbocycles. The van der Waals surface area contributed by atoms with E-state index in [9.17, 15) is 4.79 Å². The Kier molecular flexibility index (Phi) is 5.35. The molecule has 4 heteroatoms. The lowest BCUT2D eigenvalue weighted by Crippen LogP contribution is -2.25. The molecule has 0 saturated carbocycles. The normalized spacial score (nSPS) is 12.1. The number of amides is 1.